The van der Waals surface area contributed by atoms with E-state index in [-0.39, 0.29) is 29.3 Å². The number of fused-ring (bicyclic) bond motifs is 1. The zero-order chi connectivity index (χ0) is 25.2. The van der Waals surface area contributed by atoms with Gasteiger partial charge in [-0.05, 0) is 42.0 Å². The van der Waals surface area contributed by atoms with Crippen LogP contribution in [0.5, 0.6) is 11.8 Å². The van der Waals surface area contributed by atoms with Crippen molar-refractivity contribution in [3.05, 3.63) is 79.5 Å². The standard InChI is InChI=1S/C24H18FN9O2/c1-2-19(35)31-15-6-3-13(4-7-15)21-20(22-23(27)29-12-30-34(22)33-21)14-5-8-17(16(25)11-14)36-24-28-10-9-18(26)32-24/h2-12H,1H2,(H,31,35)(H2,26,28,32)(H2,27,29,30). The first-order valence-electron chi connectivity index (χ1n) is 10.5. The number of nitrogens with two attached hydrogens (primary N) is 2. The van der Waals surface area contributed by atoms with Crippen molar-refractivity contribution >= 4 is 28.7 Å². The lowest BCUT2D eigenvalue weighted by Crippen LogP contribution is -2.06. The summed E-state index contributed by atoms with van der Waals surface area (Å²) in [6.45, 7) is 3.44. The zero-order valence-corrected chi connectivity index (χ0v) is 18.6. The van der Waals surface area contributed by atoms with E-state index in [9.17, 15) is 4.79 Å². The van der Waals surface area contributed by atoms with Crippen LogP contribution < -0.4 is 21.5 Å². The lowest BCUT2D eigenvalue weighted by Gasteiger charge is -2.09. The average Bonchev–Trinajstić information content (AvgIpc) is 3.27. The molecule has 0 bridgehead atoms. The van der Waals surface area contributed by atoms with Crippen LogP contribution in [0.1, 0.15) is 0 Å². The molecule has 36 heavy (non-hydrogen) atoms. The summed E-state index contributed by atoms with van der Waals surface area (Å²) >= 11 is 0. The summed E-state index contributed by atoms with van der Waals surface area (Å²) in [4.78, 5) is 23.5. The molecule has 3 aromatic heterocycles. The highest BCUT2D eigenvalue weighted by Crippen LogP contribution is 2.38. The molecule has 12 heteroatoms. The fourth-order valence-corrected chi connectivity index (χ4v) is 3.54. The lowest BCUT2D eigenvalue weighted by atomic mass is 9.99. The molecule has 2 aromatic carbocycles. The van der Waals surface area contributed by atoms with E-state index < -0.39 is 5.82 Å². The first-order valence-corrected chi connectivity index (χ1v) is 10.5. The van der Waals surface area contributed by atoms with Crippen LogP contribution >= 0.6 is 0 Å². The van der Waals surface area contributed by atoms with Gasteiger partial charge in [0.2, 0.25) is 5.91 Å². The number of amides is 1. The quantitative estimate of drug-likeness (QED) is 0.307. The molecule has 0 radical (unpaired) electrons. The Hall–Kier alpha value is -5.39. The van der Waals surface area contributed by atoms with Gasteiger partial charge in [0.1, 0.15) is 23.4 Å². The third-order valence-corrected chi connectivity index (χ3v) is 5.16. The van der Waals surface area contributed by atoms with Gasteiger partial charge in [-0.25, -0.2) is 14.4 Å². The lowest BCUT2D eigenvalue weighted by molar-refractivity contribution is -0.111. The second kappa shape index (κ2) is 9.10. The zero-order valence-electron chi connectivity index (χ0n) is 18.6. The van der Waals surface area contributed by atoms with Gasteiger partial charge in [0.25, 0.3) is 0 Å². The number of carbonyl (C=O) groups is 1. The molecule has 0 aliphatic carbocycles. The normalized spacial score (nSPS) is 10.8. The Labute approximate surface area is 203 Å². The van der Waals surface area contributed by atoms with Crippen molar-refractivity contribution in [1.29, 1.82) is 0 Å². The summed E-state index contributed by atoms with van der Waals surface area (Å²) in [5.74, 6) is -0.725. The number of hydrogen-bond donors (Lipinski definition) is 3. The predicted octanol–water partition coefficient (Wildman–Crippen LogP) is 3.47. The minimum absolute atomic E-state index is 0.0837. The molecule has 0 saturated heterocycles. The van der Waals surface area contributed by atoms with Crippen molar-refractivity contribution in [2.24, 2.45) is 0 Å². The highest BCUT2D eigenvalue weighted by atomic mass is 19.1. The van der Waals surface area contributed by atoms with Crippen molar-refractivity contribution in [2.75, 3.05) is 16.8 Å². The molecule has 5 rings (SSSR count). The number of nitrogens with zero attached hydrogens (tertiary/aromatic N) is 6. The maximum absolute atomic E-state index is 15.1. The number of hydrogen-bond acceptors (Lipinski definition) is 9. The number of nitrogens with one attached hydrogen (secondary N) is 1. The second-order valence-corrected chi connectivity index (χ2v) is 7.49. The van der Waals surface area contributed by atoms with Gasteiger partial charge in [0, 0.05) is 23.0 Å². The number of aromatic nitrogens is 6. The Balaban J connectivity index is 1.59. The Morgan fingerprint density at radius 3 is 2.58 bits per heavy atom. The van der Waals surface area contributed by atoms with E-state index in [1.54, 1.807) is 30.3 Å². The number of halogens is 1. The van der Waals surface area contributed by atoms with Crippen molar-refractivity contribution in [3.8, 4) is 34.1 Å². The van der Waals surface area contributed by atoms with E-state index in [4.69, 9.17) is 16.2 Å². The molecule has 0 atom stereocenters. The predicted molar refractivity (Wildman–Crippen MR) is 131 cm³/mol. The van der Waals surface area contributed by atoms with E-state index in [1.807, 2.05) is 0 Å². The van der Waals surface area contributed by atoms with Crippen molar-refractivity contribution in [1.82, 2.24) is 29.8 Å². The minimum Gasteiger partial charge on any atom is -0.421 e. The van der Waals surface area contributed by atoms with E-state index in [0.29, 0.717) is 33.6 Å². The molecular weight excluding hydrogens is 465 g/mol. The molecule has 0 saturated carbocycles. The Morgan fingerprint density at radius 1 is 1.08 bits per heavy atom. The Bertz CT molecular complexity index is 1620. The summed E-state index contributed by atoms with van der Waals surface area (Å²) in [5, 5.41) is 11.4. The van der Waals surface area contributed by atoms with Crippen LogP contribution in [0.4, 0.5) is 21.7 Å². The number of carbonyl (C=O) groups excluding carboxylic acids is 1. The fraction of sp³-hybridized carbons (Fsp3) is 0. The van der Waals surface area contributed by atoms with Crippen LogP contribution in [0.3, 0.4) is 0 Å². The summed E-state index contributed by atoms with van der Waals surface area (Å²) in [5.41, 5.74) is 14.9. The number of rotatable bonds is 6. The van der Waals surface area contributed by atoms with Crippen LogP contribution in [0.2, 0.25) is 0 Å². The first-order chi connectivity index (χ1) is 17.4. The molecule has 3 heterocycles. The van der Waals surface area contributed by atoms with Gasteiger partial charge in [-0.2, -0.15) is 4.98 Å². The third-order valence-electron chi connectivity index (χ3n) is 5.16. The van der Waals surface area contributed by atoms with Crippen molar-refractivity contribution < 1.29 is 13.9 Å². The Kier molecular flexibility index (Phi) is 5.66. The van der Waals surface area contributed by atoms with Crippen LogP contribution in [0.15, 0.2) is 73.7 Å². The molecule has 5 aromatic rings. The largest absolute Gasteiger partial charge is 0.421 e. The van der Waals surface area contributed by atoms with E-state index >= 15 is 4.39 Å². The second-order valence-electron chi connectivity index (χ2n) is 7.49. The highest BCUT2D eigenvalue weighted by Gasteiger charge is 2.21. The highest BCUT2D eigenvalue weighted by molar-refractivity contribution is 5.99. The number of nitrogen functional groups attached to an aromatic ring is 2. The summed E-state index contributed by atoms with van der Waals surface area (Å²) in [6, 6.07) is 12.7. The third kappa shape index (κ3) is 4.25. The van der Waals surface area contributed by atoms with Gasteiger partial charge in [-0.3, -0.25) is 4.79 Å². The summed E-state index contributed by atoms with van der Waals surface area (Å²) in [6.07, 6.45) is 3.86. The van der Waals surface area contributed by atoms with Crippen LogP contribution in [-0.4, -0.2) is 35.7 Å². The van der Waals surface area contributed by atoms with Gasteiger partial charge >= 0.3 is 6.01 Å². The maximum atomic E-state index is 15.1. The molecule has 5 N–H and O–H groups in total. The van der Waals surface area contributed by atoms with Crippen molar-refractivity contribution in [3.63, 3.8) is 0 Å². The smallest absolute Gasteiger partial charge is 0.323 e. The van der Waals surface area contributed by atoms with Crippen LogP contribution in [0, 0.1) is 5.82 Å². The van der Waals surface area contributed by atoms with E-state index in [2.05, 4.69) is 37.0 Å². The molecule has 1 amide bonds. The molecule has 0 unspecified atom stereocenters. The van der Waals surface area contributed by atoms with E-state index in [0.717, 1.165) is 0 Å². The minimum atomic E-state index is -0.665. The topological polar surface area (TPSA) is 159 Å². The van der Waals surface area contributed by atoms with Crippen molar-refractivity contribution in [2.45, 2.75) is 0 Å². The van der Waals surface area contributed by atoms with Gasteiger partial charge < -0.3 is 21.5 Å². The van der Waals surface area contributed by atoms with E-state index in [1.165, 1.54) is 41.4 Å². The van der Waals surface area contributed by atoms with Gasteiger partial charge in [0.05, 0.1) is 0 Å². The first kappa shape index (κ1) is 22.4. The average molecular weight is 483 g/mol. The summed E-state index contributed by atoms with van der Waals surface area (Å²) < 4.78 is 21.9. The molecule has 0 spiro atoms. The SMILES string of the molecule is C=CC(=O)Nc1ccc(-c2nn3ncnc(N)c3c2-c2ccc(Oc3nccc(N)n3)c(F)c2)cc1. The molecule has 0 aliphatic rings. The van der Waals surface area contributed by atoms with Gasteiger partial charge in [-0.15, -0.1) is 14.8 Å². The molecule has 0 fully saturated rings. The monoisotopic (exact) mass is 483 g/mol. The Morgan fingerprint density at radius 2 is 1.86 bits per heavy atom. The van der Waals surface area contributed by atoms with Gasteiger partial charge in [-0.1, -0.05) is 24.8 Å². The van der Waals surface area contributed by atoms with Crippen LogP contribution in [0.25, 0.3) is 27.9 Å². The number of ether oxygens (including phenoxy) is 1. The molecule has 178 valence electrons. The number of benzene rings is 2. The molecular formula is C24H18FN9O2. The molecule has 0 aliphatic heterocycles. The number of anilines is 3. The maximum Gasteiger partial charge on any atom is 0.323 e. The molecule has 11 nitrogen and oxygen atoms in total. The summed E-state index contributed by atoms with van der Waals surface area (Å²) in [7, 11) is 0. The van der Waals surface area contributed by atoms with Crippen LogP contribution in [-0.2, 0) is 4.79 Å². The fourth-order valence-electron chi connectivity index (χ4n) is 3.54. The van der Waals surface area contributed by atoms with Gasteiger partial charge in [0.15, 0.2) is 17.4 Å².